The second-order valence-electron chi connectivity index (χ2n) is 6.58. The largest absolute Gasteiger partial charge is 0.486 e. The molecule has 0 amide bonds. The third-order valence-electron chi connectivity index (χ3n) is 5.13. The lowest BCUT2D eigenvalue weighted by atomic mass is 9.73. The van der Waals surface area contributed by atoms with Gasteiger partial charge < -0.3 is 14.6 Å². The zero-order valence-electron chi connectivity index (χ0n) is 11.8. The molecule has 0 aromatic heterocycles. The van der Waals surface area contributed by atoms with Crippen LogP contribution in [0.1, 0.15) is 44.1 Å². The maximum Gasteiger partial charge on any atom is 0.161 e. The molecule has 2 atom stereocenters. The van der Waals surface area contributed by atoms with Crippen molar-refractivity contribution in [1.82, 2.24) is 0 Å². The van der Waals surface area contributed by atoms with E-state index < -0.39 is 5.60 Å². The number of benzene rings is 1. The Hall–Kier alpha value is -1.22. The minimum atomic E-state index is -0.665. The molecule has 108 valence electrons. The van der Waals surface area contributed by atoms with Crippen LogP contribution in [-0.2, 0) is 5.60 Å². The van der Waals surface area contributed by atoms with Gasteiger partial charge in [0.1, 0.15) is 13.2 Å². The van der Waals surface area contributed by atoms with Gasteiger partial charge in [-0.25, -0.2) is 0 Å². The maximum atomic E-state index is 11.1. The van der Waals surface area contributed by atoms with E-state index in [9.17, 15) is 5.11 Å². The fourth-order valence-electron chi connectivity index (χ4n) is 3.86. The molecule has 1 N–H and O–H groups in total. The second kappa shape index (κ2) is 4.66. The molecule has 3 nitrogen and oxygen atoms in total. The van der Waals surface area contributed by atoms with Crippen molar-refractivity contribution in [3.63, 3.8) is 0 Å². The molecule has 2 fully saturated rings. The van der Waals surface area contributed by atoms with E-state index in [2.05, 4.69) is 0 Å². The van der Waals surface area contributed by atoms with E-state index in [-0.39, 0.29) is 0 Å². The van der Waals surface area contributed by atoms with Crippen LogP contribution in [0.5, 0.6) is 11.5 Å². The van der Waals surface area contributed by atoms with Gasteiger partial charge in [-0.15, -0.1) is 0 Å². The van der Waals surface area contributed by atoms with Gasteiger partial charge in [-0.2, -0.15) is 0 Å². The van der Waals surface area contributed by atoms with E-state index in [0.717, 1.165) is 42.2 Å². The van der Waals surface area contributed by atoms with Gasteiger partial charge in [0, 0.05) is 0 Å². The van der Waals surface area contributed by atoms with Crippen molar-refractivity contribution in [3.8, 4) is 11.5 Å². The summed E-state index contributed by atoms with van der Waals surface area (Å²) < 4.78 is 11.2. The highest BCUT2D eigenvalue weighted by Crippen LogP contribution is 2.50. The van der Waals surface area contributed by atoms with Gasteiger partial charge in [0.15, 0.2) is 11.5 Å². The first-order chi connectivity index (χ1) is 9.74. The SMILES string of the molecule is OC1(c2ccc3c(c2)OCCO3)CCCC(C2CC2)C1. The van der Waals surface area contributed by atoms with Crippen LogP contribution in [0.15, 0.2) is 18.2 Å². The molecular formula is C17H22O3. The van der Waals surface area contributed by atoms with Crippen LogP contribution in [0.25, 0.3) is 0 Å². The van der Waals surface area contributed by atoms with Crippen molar-refractivity contribution < 1.29 is 14.6 Å². The van der Waals surface area contributed by atoms with Gasteiger partial charge in [-0.1, -0.05) is 6.07 Å². The molecule has 1 aliphatic heterocycles. The van der Waals surface area contributed by atoms with E-state index in [4.69, 9.17) is 9.47 Å². The summed E-state index contributed by atoms with van der Waals surface area (Å²) in [5.74, 6) is 3.18. The van der Waals surface area contributed by atoms with Crippen molar-refractivity contribution in [2.45, 2.75) is 44.1 Å². The Morgan fingerprint density at radius 1 is 1.00 bits per heavy atom. The lowest BCUT2D eigenvalue weighted by Crippen LogP contribution is -2.33. The van der Waals surface area contributed by atoms with Crippen molar-refractivity contribution in [3.05, 3.63) is 23.8 Å². The number of hydrogen-bond donors (Lipinski definition) is 1. The number of fused-ring (bicyclic) bond motifs is 1. The average Bonchev–Trinajstić information content (AvgIpc) is 3.31. The second-order valence-corrected chi connectivity index (χ2v) is 6.58. The molecule has 0 bridgehead atoms. The molecule has 2 aliphatic carbocycles. The number of aliphatic hydroxyl groups is 1. The molecule has 1 aromatic carbocycles. The maximum absolute atomic E-state index is 11.1. The van der Waals surface area contributed by atoms with Crippen molar-refractivity contribution in [1.29, 1.82) is 0 Å². The highest BCUT2D eigenvalue weighted by molar-refractivity contribution is 5.45. The molecule has 1 heterocycles. The Labute approximate surface area is 119 Å². The lowest BCUT2D eigenvalue weighted by Gasteiger charge is -2.38. The Bertz CT molecular complexity index is 509. The van der Waals surface area contributed by atoms with E-state index >= 15 is 0 Å². The molecule has 0 spiro atoms. The first-order valence-corrected chi connectivity index (χ1v) is 7.87. The zero-order valence-corrected chi connectivity index (χ0v) is 11.8. The highest BCUT2D eigenvalue weighted by atomic mass is 16.6. The topological polar surface area (TPSA) is 38.7 Å². The molecule has 3 heteroatoms. The molecule has 0 radical (unpaired) electrons. The van der Waals surface area contributed by atoms with Crippen LogP contribution >= 0.6 is 0 Å². The summed E-state index contributed by atoms with van der Waals surface area (Å²) >= 11 is 0. The summed E-state index contributed by atoms with van der Waals surface area (Å²) in [6.07, 6.45) is 6.93. The molecule has 1 aromatic rings. The Morgan fingerprint density at radius 2 is 1.80 bits per heavy atom. The summed E-state index contributed by atoms with van der Waals surface area (Å²) in [6.45, 7) is 1.21. The summed E-state index contributed by atoms with van der Waals surface area (Å²) in [4.78, 5) is 0. The van der Waals surface area contributed by atoms with Crippen LogP contribution in [0.4, 0.5) is 0 Å². The third-order valence-corrected chi connectivity index (χ3v) is 5.13. The Morgan fingerprint density at radius 3 is 2.60 bits per heavy atom. The van der Waals surface area contributed by atoms with E-state index in [0.29, 0.717) is 19.1 Å². The molecule has 4 rings (SSSR count). The van der Waals surface area contributed by atoms with E-state index in [1.165, 1.54) is 19.3 Å². The molecule has 2 unspecified atom stereocenters. The normalized spacial score (nSPS) is 33.0. The molecule has 3 aliphatic rings. The Kier molecular flexibility index (Phi) is 2.92. The van der Waals surface area contributed by atoms with Crippen molar-refractivity contribution in [2.24, 2.45) is 11.8 Å². The monoisotopic (exact) mass is 274 g/mol. The predicted molar refractivity (Wildman–Crippen MR) is 76.0 cm³/mol. The molecule has 0 saturated heterocycles. The van der Waals surface area contributed by atoms with Crippen molar-refractivity contribution in [2.75, 3.05) is 13.2 Å². The van der Waals surface area contributed by atoms with Crippen LogP contribution in [0.3, 0.4) is 0 Å². The van der Waals surface area contributed by atoms with Gasteiger partial charge in [0.05, 0.1) is 5.60 Å². The fourth-order valence-corrected chi connectivity index (χ4v) is 3.86. The predicted octanol–water partition coefficient (Wildman–Crippen LogP) is 3.25. The first kappa shape index (κ1) is 12.5. The quantitative estimate of drug-likeness (QED) is 0.899. The van der Waals surface area contributed by atoms with E-state index in [1.54, 1.807) is 0 Å². The third kappa shape index (κ3) is 2.18. The highest BCUT2D eigenvalue weighted by Gasteiger charge is 2.42. The fraction of sp³-hybridized carbons (Fsp3) is 0.647. The summed E-state index contributed by atoms with van der Waals surface area (Å²) in [6, 6.07) is 5.95. The van der Waals surface area contributed by atoms with Gasteiger partial charge in [0.25, 0.3) is 0 Å². The molecule has 20 heavy (non-hydrogen) atoms. The standard InChI is InChI=1S/C17H22O3/c18-17(7-1-2-13(11-17)12-3-4-12)14-5-6-15-16(10-14)20-9-8-19-15/h5-6,10,12-13,18H,1-4,7-9,11H2. The van der Waals surface area contributed by atoms with Crippen LogP contribution in [0.2, 0.25) is 0 Å². The summed E-state index contributed by atoms with van der Waals surface area (Å²) in [5, 5.41) is 11.1. The summed E-state index contributed by atoms with van der Waals surface area (Å²) in [7, 11) is 0. The van der Waals surface area contributed by atoms with Gasteiger partial charge in [-0.05, 0) is 68.1 Å². The minimum absolute atomic E-state index is 0.597. The molecule has 2 saturated carbocycles. The average molecular weight is 274 g/mol. The number of rotatable bonds is 2. The van der Waals surface area contributed by atoms with Gasteiger partial charge in [-0.3, -0.25) is 0 Å². The summed E-state index contributed by atoms with van der Waals surface area (Å²) in [5.41, 5.74) is 0.341. The van der Waals surface area contributed by atoms with Gasteiger partial charge in [0.2, 0.25) is 0 Å². The number of ether oxygens (including phenoxy) is 2. The molecular weight excluding hydrogens is 252 g/mol. The Balaban J connectivity index is 1.61. The van der Waals surface area contributed by atoms with Crippen LogP contribution in [-0.4, -0.2) is 18.3 Å². The smallest absolute Gasteiger partial charge is 0.161 e. The van der Waals surface area contributed by atoms with Crippen LogP contribution in [0, 0.1) is 11.8 Å². The zero-order chi connectivity index (χ0) is 13.6. The van der Waals surface area contributed by atoms with Crippen LogP contribution < -0.4 is 9.47 Å². The van der Waals surface area contributed by atoms with Crippen molar-refractivity contribution >= 4 is 0 Å². The number of hydrogen-bond acceptors (Lipinski definition) is 3. The lowest BCUT2D eigenvalue weighted by molar-refractivity contribution is -0.0254. The van der Waals surface area contributed by atoms with Gasteiger partial charge >= 0.3 is 0 Å². The van der Waals surface area contributed by atoms with E-state index in [1.807, 2.05) is 18.2 Å². The minimum Gasteiger partial charge on any atom is -0.486 e. The first-order valence-electron chi connectivity index (χ1n) is 7.87.